The molecule has 0 bridgehead atoms. The van der Waals surface area contributed by atoms with E-state index in [0.29, 0.717) is 29.4 Å². The first-order valence-corrected chi connectivity index (χ1v) is 12.0. The van der Waals surface area contributed by atoms with Crippen LogP contribution < -0.4 is 19.9 Å². The zero-order valence-corrected chi connectivity index (χ0v) is 19.0. The number of rotatable bonds is 7. The van der Waals surface area contributed by atoms with Crippen molar-refractivity contribution in [1.29, 1.82) is 0 Å². The summed E-state index contributed by atoms with van der Waals surface area (Å²) < 4.78 is 36.0. The number of hydrogen-bond acceptors (Lipinski definition) is 7. The molecule has 1 aliphatic rings. The third kappa shape index (κ3) is 5.15. The predicted octanol–water partition coefficient (Wildman–Crippen LogP) is 1.75. The molecule has 0 spiro atoms. The molecule has 0 saturated carbocycles. The molecule has 174 valence electrons. The summed E-state index contributed by atoms with van der Waals surface area (Å²) in [6.07, 6.45) is 1.35. The van der Waals surface area contributed by atoms with Crippen molar-refractivity contribution in [1.82, 2.24) is 20.3 Å². The van der Waals surface area contributed by atoms with Crippen LogP contribution in [0, 0.1) is 5.92 Å². The molecule has 1 amide bonds. The number of carbonyl (C=O) groups excluding carboxylic acids is 1. The fourth-order valence-electron chi connectivity index (χ4n) is 3.57. The van der Waals surface area contributed by atoms with Gasteiger partial charge in [-0.05, 0) is 30.2 Å². The van der Waals surface area contributed by atoms with Crippen molar-refractivity contribution in [2.45, 2.75) is 30.9 Å². The fraction of sp³-hybridized carbons (Fsp3) is 0.318. The molecule has 0 radical (unpaired) electrons. The second-order valence-corrected chi connectivity index (χ2v) is 9.65. The fourth-order valence-corrected chi connectivity index (χ4v) is 4.09. The van der Waals surface area contributed by atoms with Gasteiger partial charge in [0.1, 0.15) is 24.4 Å². The Kier molecular flexibility index (Phi) is 6.34. The van der Waals surface area contributed by atoms with E-state index in [0.717, 1.165) is 0 Å². The zero-order chi connectivity index (χ0) is 23.6. The Balaban J connectivity index is 1.43. The largest absolute Gasteiger partial charge is 0.486 e. The van der Waals surface area contributed by atoms with Crippen molar-refractivity contribution < 1.29 is 22.7 Å². The Bertz CT molecular complexity index is 1240. The minimum absolute atomic E-state index is 0.00890. The Morgan fingerprint density at radius 3 is 2.55 bits per heavy atom. The number of nitrogens with one attached hydrogen (secondary N) is 1. The van der Waals surface area contributed by atoms with Crippen molar-refractivity contribution in [2.24, 2.45) is 11.1 Å². The molecule has 2 heterocycles. The number of benzene rings is 2. The molecule has 4 rings (SSSR count). The minimum atomic E-state index is -3.78. The first-order valence-electron chi connectivity index (χ1n) is 10.4. The van der Waals surface area contributed by atoms with Gasteiger partial charge in [-0.25, -0.2) is 18.2 Å². The summed E-state index contributed by atoms with van der Waals surface area (Å²) in [6.45, 7) is 4.46. The van der Waals surface area contributed by atoms with E-state index in [4.69, 9.17) is 14.6 Å². The maximum Gasteiger partial charge on any atom is 0.245 e. The van der Waals surface area contributed by atoms with Crippen LogP contribution in [-0.4, -0.2) is 48.6 Å². The standard InChI is InChI=1S/C22H25N5O5S/c1-14(2)21(22(28)24-11-16-13-31-19-5-3-4-6-20(19)32-16)27-12-18(25-26-27)15-7-9-17(10-8-15)33(23,29)30/h3-10,12,14,16,21H,11,13H2,1-2H3,(H,24,28)(H2,23,29,30)/t16?,21-/m0/s1. The lowest BCUT2D eigenvalue weighted by molar-refractivity contribution is -0.126. The number of para-hydroxylation sites is 2. The lowest BCUT2D eigenvalue weighted by Crippen LogP contribution is -2.44. The molecule has 11 heteroatoms. The number of carbonyl (C=O) groups is 1. The van der Waals surface area contributed by atoms with Crippen molar-refractivity contribution >= 4 is 15.9 Å². The van der Waals surface area contributed by atoms with Crippen molar-refractivity contribution in [3.63, 3.8) is 0 Å². The van der Waals surface area contributed by atoms with E-state index < -0.39 is 16.1 Å². The molecule has 1 aromatic heterocycles. The van der Waals surface area contributed by atoms with Gasteiger partial charge in [0.2, 0.25) is 15.9 Å². The molecule has 1 unspecified atom stereocenters. The molecule has 3 aromatic rings. The summed E-state index contributed by atoms with van der Waals surface area (Å²) in [6, 6.07) is 12.8. The van der Waals surface area contributed by atoms with Gasteiger partial charge in [-0.15, -0.1) is 5.10 Å². The van der Waals surface area contributed by atoms with Crippen LogP contribution in [0.15, 0.2) is 59.6 Å². The monoisotopic (exact) mass is 471 g/mol. The molecule has 0 saturated heterocycles. The quantitative estimate of drug-likeness (QED) is 0.535. The van der Waals surface area contributed by atoms with Gasteiger partial charge in [-0.3, -0.25) is 4.79 Å². The van der Waals surface area contributed by atoms with E-state index in [1.807, 2.05) is 38.1 Å². The predicted molar refractivity (Wildman–Crippen MR) is 120 cm³/mol. The van der Waals surface area contributed by atoms with E-state index in [1.54, 1.807) is 18.3 Å². The van der Waals surface area contributed by atoms with Crippen molar-refractivity contribution in [2.75, 3.05) is 13.2 Å². The highest BCUT2D eigenvalue weighted by molar-refractivity contribution is 7.89. The molecule has 33 heavy (non-hydrogen) atoms. The van der Waals surface area contributed by atoms with Crippen LogP contribution >= 0.6 is 0 Å². The summed E-state index contributed by atoms with van der Waals surface area (Å²) >= 11 is 0. The summed E-state index contributed by atoms with van der Waals surface area (Å²) in [5, 5.41) is 16.3. The number of sulfonamides is 1. The third-order valence-corrected chi connectivity index (χ3v) is 6.17. The summed E-state index contributed by atoms with van der Waals surface area (Å²) in [5.74, 6) is 1.06. The van der Waals surface area contributed by atoms with Crippen LogP contribution in [0.3, 0.4) is 0 Å². The minimum Gasteiger partial charge on any atom is -0.486 e. The highest BCUT2D eigenvalue weighted by Gasteiger charge is 2.28. The molecular formula is C22H25N5O5S. The second kappa shape index (κ2) is 9.20. The summed E-state index contributed by atoms with van der Waals surface area (Å²) in [5.41, 5.74) is 1.16. The van der Waals surface area contributed by atoms with E-state index in [1.165, 1.54) is 16.8 Å². The zero-order valence-electron chi connectivity index (χ0n) is 18.2. The number of primary sulfonamides is 1. The van der Waals surface area contributed by atoms with Gasteiger partial charge in [0, 0.05) is 5.56 Å². The molecule has 10 nitrogen and oxygen atoms in total. The Morgan fingerprint density at radius 1 is 1.18 bits per heavy atom. The van der Waals surface area contributed by atoms with Gasteiger partial charge in [-0.1, -0.05) is 43.3 Å². The van der Waals surface area contributed by atoms with Gasteiger partial charge in [0.15, 0.2) is 11.5 Å². The number of amides is 1. The van der Waals surface area contributed by atoms with Gasteiger partial charge in [-0.2, -0.15) is 0 Å². The Labute approximate surface area is 191 Å². The van der Waals surface area contributed by atoms with Crippen molar-refractivity contribution in [3.8, 4) is 22.8 Å². The lowest BCUT2D eigenvalue weighted by Gasteiger charge is -2.27. The van der Waals surface area contributed by atoms with Crippen LogP contribution in [0.4, 0.5) is 0 Å². The van der Waals surface area contributed by atoms with Crippen molar-refractivity contribution in [3.05, 3.63) is 54.7 Å². The third-order valence-electron chi connectivity index (χ3n) is 5.25. The molecule has 2 atom stereocenters. The van der Waals surface area contributed by atoms with E-state index >= 15 is 0 Å². The molecule has 0 aliphatic carbocycles. The SMILES string of the molecule is CC(C)[C@@H](C(=O)NCC1COc2ccccc2O1)n1cc(-c2ccc(S(N)(=O)=O)cc2)nn1. The number of hydrogen-bond donors (Lipinski definition) is 2. The normalized spacial score (nSPS) is 16.4. The number of ether oxygens (including phenoxy) is 2. The Hall–Kier alpha value is -3.44. The molecule has 1 aliphatic heterocycles. The van der Waals surface area contributed by atoms with Gasteiger partial charge in [0.25, 0.3) is 0 Å². The number of aromatic nitrogens is 3. The highest BCUT2D eigenvalue weighted by Crippen LogP contribution is 2.30. The van der Waals surface area contributed by atoms with Gasteiger partial charge >= 0.3 is 0 Å². The number of nitrogens with zero attached hydrogens (tertiary/aromatic N) is 3. The van der Waals surface area contributed by atoms with Crippen LogP contribution in [0.25, 0.3) is 11.3 Å². The molecule has 0 fully saturated rings. The summed E-state index contributed by atoms with van der Waals surface area (Å²) in [4.78, 5) is 13.0. The molecule has 2 aromatic carbocycles. The average Bonchev–Trinajstić information content (AvgIpc) is 3.26. The van der Waals surface area contributed by atoms with Crippen LogP contribution in [-0.2, 0) is 14.8 Å². The van der Waals surface area contributed by atoms with E-state index in [2.05, 4.69) is 15.6 Å². The topological polar surface area (TPSA) is 138 Å². The molecule has 3 N–H and O–H groups in total. The lowest BCUT2D eigenvalue weighted by atomic mass is 10.0. The first kappa shape index (κ1) is 22.7. The molecular weight excluding hydrogens is 446 g/mol. The summed E-state index contributed by atoms with van der Waals surface area (Å²) in [7, 11) is -3.78. The van der Waals surface area contributed by atoms with E-state index in [9.17, 15) is 13.2 Å². The maximum atomic E-state index is 13.0. The maximum absolute atomic E-state index is 13.0. The smallest absolute Gasteiger partial charge is 0.245 e. The first-order chi connectivity index (χ1) is 15.7. The number of nitrogens with two attached hydrogens (primary N) is 1. The van der Waals surface area contributed by atoms with Crippen LogP contribution in [0.5, 0.6) is 11.5 Å². The van der Waals surface area contributed by atoms with E-state index in [-0.39, 0.29) is 29.4 Å². The average molecular weight is 472 g/mol. The van der Waals surface area contributed by atoms with Gasteiger partial charge in [0.05, 0.1) is 17.6 Å². The second-order valence-electron chi connectivity index (χ2n) is 8.08. The highest BCUT2D eigenvalue weighted by atomic mass is 32.2. The number of fused-ring (bicyclic) bond motifs is 1. The van der Waals surface area contributed by atoms with Gasteiger partial charge < -0.3 is 14.8 Å². The van der Waals surface area contributed by atoms with Crippen LogP contribution in [0.2, 0.25) is 0 Å². The van der Waals surface area contributed by atoms with Crippen LogP contribution in [0.1, 0.15) is 19.9 Å². The Morgan fingerprint density at radius 2 is 1.88 bits per heavy atom.